The van der Waals surface area contributed by atoms with E-state index in [0.29, 0.717) is 64.8 Å². The zero-order valence-corrected chi connectivity index (χ0v) is 27.7. The number of carbonyl (C=O) groups is 1. The summed E-state index contributed by atoms with van der Waals surface area (Å²) in [6.45, 7) is 3.68. The molecule has 0 aliphatic carbocycles. The standard InChI is InChI=1S/C33H35FN8O3S2/c1-21-19-28(40-41-30(21)39-32-37-24-10-3-4-11-26(24)46-32)42(17-6-5-15-35)33-38-29(31(43)44)27(47-33)12-8-18-45-25-14-13-22(20-23(25)34)9-7-16-36-2/h3-4,10-11,13-14,19-20,36H,5-6,8,12,15-18,35H2,1-2H3,(H,43,44)(H,37,39,41). The molecule has 14 heteroatoms. The number of benzene rings is 2. The van der Waals surface area contributed by atoms with Crippen LogP contribution in [0.25, 0.3) is 10.2 Å². The second-order valence-corrected chi connectivity index (χ2v) is 12.6. The van der Waals surface area contributed by atoms with Crippen LogP contribution in [0, 0.1) is 24.6 Å². The van der Waals surface area contributed by atoms with Gasteiger partial charge in [-0.2, -0.15) is 0 Å². The Morgan fingerprint density at radius 1 is 1.11 bits per heavy atom. The number of hydrogen-bond donors (Lipinski definition) is 4. The molecule has 0 spiro atoms. The van der Waals surface area contributed by atoms with Crippen LogP contribution >= 0.6 is 22.7 Å². The Morgan fingerprint density at radius 3 is 2.70 bits per heavy atom. The van der Waals surface area contributed by atoms with Gasteiger partial charge in [0.1, 0.15) is 0 Å². The summed E-state index contributed by atoms with van der Waals surface area (Å²) in [5.74, 6) is 5.40. The number of carboxylic acids is 1. The number of aromatic carboxylic acids is 1. The van der Waals surface area contributed by atoms with Crippen molar-refractivity contribution in [2.45, 2.75) is 32.6 Å². The highest BCUT2D eigenvalue weighted by Gasteiger charge is 2.23. The molecule has 0 aliphatic rings. The molecule has 0 saturated carbocycles. The first-order valence-corrected chi connectivity index (χ1v) is 16.7. The molecule has 0 saturated heterocycles. The van der Waals surface area contributed by atoms with E-state index in [0.717, 1.165) is 28.6 Å². The second kappa shape index (κ2) is 16.2. The van der Waals surface area contributed by atoms with Crippen molar-refractivity contribution in [1.82, 2.24) is 25.5 Å². The molecular weight excluding hydrogens is 640 g/mol. The van der Waals surface area contributed by atoms with Crippen LogP contribution in [0.2, 0.25) is 0 Å². The number of carboxylic acid groups (broad SMARTS) is 1. The van der Waals surface area contributed by atoms with Crippen LogP contribution in [0.4, 0.5) is 26.3 Å². The highest BCUT2D eigenvalue weighted by Crippen LogP contribution is 2.34. The fraction of sp³-hybridized carbons (Fsp3) is 0.303. The highest BCUT2D eigenvalue weighted by atomic mass is 32.1. The normalized spacial score (nSPS) is 10.9. The number of nitrogens with one attached hydrogen (secondary N) is 2. The summed E-state index contributed by atoms with van der Waals surface area (Å²) in [4.78, 5) is 23.8. The van der Waals surface area contributed by atoms with Crippen LogP contribution in [0.3, 0.4) is 0 Å². The molecule has 0 radical (unpaired) electrons. The molecular formula is C33H35FN8O3S2. The zero-order chi connectivity index (χ0) is 33.2. The van der Waals surface area contributed by atoms with Gasteiger partial charge >= 0.3 is 5.97 Å². The molecule has 3 heterocycles. The molecule has 47 heavy (non-hydrogen) atoms. The van der Waals surface area contributed by atoms with E-state index in [9.17, 15) is 14.3 Å². The van der Waals surface area contributed by atoms with E-state index in [2.05, 4.69) is 42.6 Å². The molecule has 5 N–H and O–H groups in total. The number of anilines is 4. The number of nitrogens with zero attached hydrogens (tertiary/aromatic N) is 5. The van der Waals surface area contributed by atoms with Crippen molar-refractivity contribution in [3.05, 3.63) is 76.0 Å². The molecule has 5 aromatic rings. The molecule has 5 rings (SSSR count). The number of unbranched alkanes of at least 4 members (excludes halogenated alkanes) is 1. The maximum Gasteiger partial charge on any atom is 0.355 e. The van der Waals surface area contributed by atoms with Gasteiger partial charge in [0.05, 0.1) is 23.4 Å². The average Bonchev–Trinajstić information content (AvgIpc) is 3.67. The Bertz CT molecular complexity index is 1870. The molecule has 0 atom stereocenters. The summed E-state index contributed by atoms with van der Waals surface area (Å²) in [6, 6.07) is 14.4. The predicted octanol–water partition coefficient (Wildman–Crippen LogP) is 5.89. The van der Waals surface area contributed by atoms with Gasteiger partial charge in [-0.05, 0) is 88.2 Å². The zero-order valence-electron chi connectivity index (χ0n) is 26.0. The van der Waals surface area contributed by atoms with Crippen LogP contribution < -0.4 is 26.0 Å². The Morgan fingerprint density at radius 2 is 1.96 bits per heavy atom. The van der Waals surface area contributed by atoms with E-state index in [1.54, 1.807) is 19.2 Å². The number of para-hydroxylation sites is 1. The minimum Gasteiger partial charge on any atom is -0.491 e. The molecule has 244 valence electrons. The molecule has 11 nitrogen and oxygen atoms in total. The first kappa shape index (κ1) is 33.7. The van der Waals surface area contributed by atoms with E-state index >= 15 is 0 Å². The first-order valence-electron chi connectivity index (χ1n) is 15.1. The maximum atomic E-state index is 14.5. The van der Waals surface area contributed by atoms with Crippen LogP contribution in [0.5, 0.6) is 5.75 Å². The van der Waals surface area contributed by atoms with Crippen LogP contribution in [-0.2, 0) is 6.42 Å². The Kier molecular flexibility index (Phi) is 11.6. The highest BCUT2D eigenvalue weighted by molar-refractivity contribution is 7.22. The molecule has 0 bridgehead atoms. The predicted molar refractivity (Wildman–Crippen MR) is 185 cm³/mol. The van der Waals surface area contributed by atoms with Crippen LogP contribution in [0.15, 0.2) is 48.5 Å². The monoisotopic (exact) mass is 674 g/mol. The lowest BCUT2D eigenvalue weighted by molar-refractivity contribution is 0.0690. The van der Waals surface area contributed by atoms with Gasteiger partial charge < -0.3 is 31.1 Å². The van der Waals surface area contributed by atoms with Gasteiger partial charge in [-0.25, -0.2) is 19.2 Å². The lowest BCUT2D eigenvalue weighted by Crippen LogP contribution is -2.21. The topological polar surface area (TPSA) is 151 Å². The summed E-state index contributed by atoms with van der Waals surface area (Å²) >= 11 is 2.82. The molecule has 0 fully saturated rings. The van der Waals surface area contributed by atoms with Crippen LogP contribution in [0.1, 0.15) is 45.8 Å². The fourth-order valence-corrected chi connectivity index (χ4v) is 6.61. The third kappa shape index (κ3) is 8.78. The molecule has 0 aliphatic heterocycles. The van der Waals surface area contributed by atoms with E-state index in [1.165, 1.54) is 28.7 Å². The number of thiazole rings is 2. The molecule has 2 aromatic carbocycles. The van der Waals surface area contributed by atoms with Crippen molar-refractivity contribution in [2.75, 3.05) is 43.5 Å². The van der Waals surface area contributed by atoms with Crippen molar-refractivity contribution in [3.63, 3.8) is 0 Å². The largest absolute Gasteiger partial charge is 0.491 e. The van der Waals surface area contributed by atoms with E-state index in [4.69, 9.17) is 10.5 Å². The number of ether oxygens (including phenoxy) is 1. The minimum atomic E-state index is -1.12. The number of rotatable bonds is 15. The maximum absolute atomic E-state index is 14.5. The number of halogens is 1. The minimum absolute atomic E-state index is 0.0247. The Balaban J connectivity index is 1.29. The van der Waals surface area contributed by atoms with Crippen molar-refractivity contribution < 1.29 is 19.0 Å². The molecule has 0 amide bonds. The van der Waals surface area contributed by atoms with Gasteiger partial charge in [0.15, 0.2) is 39.2 Å². The average molecular weight is 675 g/mol. The van der Waals surface area contributed by atoms with Crippen LogP contribution in [-0.4, -0.2) is 64.5 Å². The third-order valence-electron chi connectivity index (χ3n) is 6.96. The lowest BCUT2D eigenvalue weighted by atomic mass is 10.2. The third-order valence-corrected chi connectivity index (χ3v) is 9.05. The second-order valence-electron chi connectivity index (χ2n) is 10.5. The van der Waals surface area contributed by atoms with Gasteiger partial charge in [-0.1, -0.05) is 35.3 Å². The number of aryl methyl sites for hydroxylation is 2. The van der Waals surface area contributed by atoms with E-state index < -0.39 is 11.8 Å². The van der Waals surface area contributed by atoms with E-state index in [-0.39, 0.29) is 18.1 Å². The van der Waals surface area contributed by atoms with Crippen molar-refractivity contribution >= 4 is 60.8 Å². The first-order chi connectivity index (χ1) is 22.9. The summed E-state index contributed by atoms with van der Waals surface area (Å²) in [7, 11) is 1.79. The summed E-state index contributed by atoms with van der Waals surface area (Å²) in [5.41, 5.74) is 8.04. The van der Waals surface area contributed by atoms with Crippen molar-refractivity contribution in [3.8, 4) is 17.6 Å². The van der Waals surface area contributed by atoms with Gasteiger partial charge in [0, 0.05) is 17.0 Å². The van der Waals surface area contributed by atoms with Gasteiger partial charge in [-0.3, -0.25) is 0 Å². The lowest BCUT2D eigenvalue weighted by Gasteiger charge is -2.21. The summed E-state index contributed by atoms with van der Waals surface area (Å²) in [6.07, 6.45) is 2.38. The fourth-order valence-electron chi connectivity index (χ4n) is 4.61. The smallest absolute Gasteiger partial charge is 0.355 e. The van der Waals surface area contributed by atoms with Crippen molar-refractivity contribution in [1.29, 1.82) is 0 Å². The van der Waals surface area contributed by atoms with Gasteiger partial charge in [0.25, 0.3) is 0 Å². The number of nitrogens with two attached hydrogens (primary N) is 1. The SMILES string of the molecule is CNCC#Cc1ccc(OCCCc2sc(N(CCCCN)c3cc(C)c(Nc4nc5ccccc5s4)nn3)nc2C(=O)O)c(F)c1. The summed E-state index contributed by atoms with van der Waals surface area (Å²) < 4.78 is 21.3. The molecule has 0 unspecified atom stereocenters. The quantitative estimate of drug-likeness (QED) is 0.0777. The Hall–Kier alpha value is -4.68. The Labute approximate surface area is 280 Å². The van der Waals surface area contributed by atoms with Gasteiger partial charge in [0.2, 0.25) is 0 Å². The van der Waals surface area contributed by atoms with E-state index in [1.807, 2.05) is 42.2 Å². The number of fused-ring (bicyclic) bond motifs is 1. The van der Waals surface area contributed by atoms with Gasteiger partial charge in [-0.15, -0.1) is 21.5 Å². The number of hydrogen-bond acceptors (Lipinski definition) is 12. The molecule has 3 aromatic heterocycles. The number of aromatic nitrogens is 4. The summed E-state index contributed by atoms with van der Waals surface area (Å²) in [5, 5.41) is 26.3. The van der Waals surface area contributed by atoms with Crippen molar-refractivity contribution in [2.24, 2.45) is 5.73 Å².